The van der Waals surface area contributed by atoms with Crippen molar-refractivity contribution >= 4 is 5.91 Å². The summed E-state index contributed by atoms with van der Waals surface area (Å²) in [6.45, 7) is 4.47. The summed E-state index contributed by atoms with van der Waals surface area (Å²) in [7, 11) is 3.33. The Labute approximate surface area is 161 Å². The summed E-state index contributed by atoms with van der Waals surface area (Å²) in [5, 5.41) is 0. The average Bonchev–Trinajstić information content (AvgIpc) is 2.73. The van der Waals surface area contributed by atoms with Crippen LogP contribution in [0, 0.1) is 0 Å². The fourth-order valence-electron chi connectivity index (χ4n) is 3.37. The molecule has 0 saturated carbocycles. The van der Waals surface area contributed by atoms with Gasteiger partial charge in [0.2, 0.25) is 5.91 Å². The number of benzene rings is 2. The third-order valence-electron chi connectivity index (χ3n) is 5.09. The number of piperazine rings is 1. The van der Waals surface area contributed by atoms with Crippen LogP contribution in [0.1, 0.15) is 11.1 Å². The van der Waals surface area contributed by atoms with E-state index in [4.69, 9.17) is 9.47 Å². The molecule has 5 heteroatoms. The quantitative estimate of drug-likeness (QED) is 0.753. The number of nitrogens with zero attached hydrogens (tertiary/aromatic N) is 2. The molecule has 27 heavy (non-hydrogen) atoms. The van der Waals surface area contributed by atoms with Gasteiger partial charge in [-0.1, -0.05) is 24.3 Å². The molecule has 144 valence electrons. The summed E-state index contributed by atoms with van der Waals surface area (Å²) in [6, 6.07) is 16.0. The van der Waals surface area contributed by atoms with Crippen LogP contribution in [0.5, 0.6) is 11.5 Å². The van der Waals surface area contributed by atoms with Crippen molar-refractivity contribution in [3.8, 4) is 11.5 Å². The Hall–Kier alpha value is -2.53. The fourth-order valence-corrected chi connectivity index (χ4v) is 3.37. The lowest BCUT2D eigenvalue weighted by Gasteiger charge is -2.34. The van der Waals surface area contributed by atoms with E-state index in [1.165, 1.54) is 5.56 Å². The first kappa shape index (κ1) is 19.2. The highest BCUT2D eigenvalue weighted by molar-refractivity contribution is 5.79. The van der Waals surface area contributed by atoms with Crippen molar-refractivity contribution in [3.63, 3.8) is 0 Å². The smallest absolute Gasteiger partial charge is 0.227 e. The first-order valence-electron chi connectivity index (χ1n) is 9.44. The van der Waals surface area contributed by atoms with Gasteiger partial charge in [0.25, 0.3) is 0 Å². The molecule has 0 unspecified atom stereocenters. The van der Waals surface area contributed by atoms with Crippen molar-refractivity contribution < 1.29 is 14.3 Å². The summed E-state index contributed by atoms with van der Waals surface area (Å²) < 4.78 is 10.4. The number of amides is 1. The molecule has 1 saturated heterocycles. The van der Waals surface area contributed by atoms with E-state index in [0.29, 0.717) is 6.42 Å². The van der Waals surface area contributed by atoms with E-state index in [9.17, 15) is 4.79 Å². The maximum absolute atomic E-state index is 12.6. The molecule has 0 spiro atoms. The van der Waals surface area contributed by atoms with Gasteiger partial charge in [-0.05, 0) is 41.8 Å². The summed E-state index contributed by atoms with van der Waals surface area (Å²) in [6.07, 6.45) is 1.45. The standard InChI is InChI=1S/C22H28N2O3/c1-26-20-8-6-18(7-9-20)10-11-23-12-14-24(15-13-23)22(25)17-19-4-3-5-21(16-19)27-2/h3-9,16H,10-15,17H2,1-2H3. The monoisotopic (exact) mass is 368 g/mol. The zero-order valence-electron chi connectivity index (χ0n) is 16.2. The minimum Gasteiger partial charge on any atom is -0.497 e. The molecule has 0 aliphatic carbocycles. The van der Waals surface area contributed by atoms with E-state index >= 15 is 0 Å². The van der Waals surface area contributed by atoms with E-state index < -0.39 is 0 Å². The van der Waals surface area contributed by atoms with Crippen LogP contribution in [-0.2, 0) is 17.6 Å². The van der Waals surface area contributed by atoms with Crippen LogP contribution < -0.4 is 9.47 Å². The third kappa shape index (κ3) is 5.47. The number of hydrogen-bond donors (Lipinski definition) is 0. The highest BCUT2D eigenvalue weighted by Crippen LogP contribution is 2.15. The highest BCUT2D eigenvalue weighted by atomic mass is 16.5. The molecule has 0 N–H and O–H groups in total. The molecule has 5 nitrogen and oxygen atoms in total. The average molecular weight is 368 g/mol. The molecule has 1 amide bonds. The van der Waals surface area contributed by atoms with Crippen LogP contribution in [0.2, 0.25) is 0 Å². The van der Waals surface area contributed by atoms with Crippen LogP contribution in [0.15, 0.2) is 48.5 Å². The number of carbonyl (C=O) groups excluding carboxylic acids is 1. The zero-order chi connectivity index (χ0) is 19.1. The predicted molar refractivity (Wildman–Crippen MR) is 106 cm³/mol. The van der Waals surface area contributed by atoms with Crippen molar-refractivity contribution in [1.82, 2.24) is 9.80 Å². The van der Waals surface area contributed by atoms with Gasteiger partial charge >= 0.3 is 0 Å². The first-order valence-corrected chi connectivity index (χ1v) is 9.44. The van der Waals surface area contributed by atoms with Gasteiger partial charge in [0, 0.05) is 32.7 Å². The first-order chi connectivity index (χ1) is 13.2. The van der Waals surface area contributed by atoms with Crippen molar-refractivity contribution in [3.05, 3.63) is 59.7 Å². The van der Waals surface area contributed by atoms with E-state index in [-0.39, 0.29) is 5.91 Å². The molecular formula is C22H28N2O3. The van der Waals surface area contributed by atoms with Gasteiger partial charge in [-0.3, -0.25) is 9.69 Å². The molecule has 1 fully saturated rings. The van der Waals surface area contributed by atoms with Crippen molar-refractivity contribution in [1.29, 1.82) is 0 Å². The fraction of sp³-hybridized carbons (Fsp3) is 0.409. The molecule has 2 aromatic carbocycles. The van der Waals surface area contributed by atoms with Crippen LogP contribution in [0.3, 0.4) is 0 Å². The number of carbonyl (C=O) groups is 1. The molecule has 1 aliphatic heterocycles. The number of ether oxygens (including phenoxy) is 2. The second-order valence-electron chi connectivity index (χ2n) is 6.85. The van der Waals surface area contributed by atoms with Gasteiger partial charge in [-0.15, -0.1) is 0 Å². The lowest BCUT2D eigenvalue weighted by Crippen LogP contribution is -2.49. The Bertz CT molecular complexity index is 737. The lowest BCUT2D eigenvalue weighted by molar-refractivity contribution is -0.132. The van der Waals surface area contributed by atoms with Crippen molar-refractivity contribution in [2.45, 2.75) is 12.8 Å². The van der Waals surface area contributed by atoms with Crippen LogP contribution >= 0.6 is 0 Å². The SMILES string of the molecule is COc1ccc(CCN2CCN(C(=O)Cc3cccc(OC)c3)CC2)cc1. The van der Waals surface area contributed by atoms with E-state index in [2.05, 4.69) is 17.0 Å². The Morgan fingerprint density at radius 3 is 2.26 bits per heavy atom. The van der Waals surface area contributed by atoms with Gasteiger partial charge in [-0.2, -0.15) is 0 Å². The largest absolute Gasteiger partial charge is 0.497 e. The summed E-state index contributed by atoms with van der Waals surface area (Å²) >= 11 is 0. The van der Waals surface area contributed by atoms with Gasteiger partial charge in [-0.25, -0.2) is 0 Å². The Morgan fingerprint density at radius 1 is 0.889 bits per heavy atom. The molecular weight excluding hydrogens is 340 g/mol. The molecule has 0 radical (unpaired) electrons. The van der Waals surface area contributed by atoms with Crippen LogP contribution in [0.25, 0.3) is 0 Å². The number of rotatable bonds is 7. The molecule has 0 bridgehead atoms. The van der Waals surface area contributed by atoms with E-state index in [0.717, 1.165) is 56.2 Å². The highest BCUT2D eigenvalue weighted by Gasteiger charge is 2.21. The van der Waals surface area contributed by atoms with Crippen LogP contribution in [-0.4, -0.2) is 62.7 Å². The lowest BCUT2D eigenvalue weighted by atomic mass is 10.1. The number of methoxy groups -OCH3 is 2. The maximum atomic E-state index is 12.6. The van der Waals surface area contributed by atoms with Crippen LogP contribution in [0.4, 0.5) is 0 Å². The Kier molecular flexibility index (Phi) is 6.71. The van der Waals surface area contributed by atoms with E-state index in [1.807, 2.05) is 41.3 Å². The maximum Gasteiger partial charge on any atom is 0.227 e. The van der Waals surface area contributed by atoms with Crippen molar-refractivity contribution in [2.75, 3.05) is 46.9 Å². The zero-order valence-corrected chi connectivity index (χ0v) is 16.2. The topological polar surface area (TPSA) is 42.0 Å². The molecule has 3 rings (SSSR count). The summed E-state index contributed by atoms with van der Waals surface area (Å²) in [5.74, 6) is 1.88. The summed E-state index contributed by atoms with van der Waals surface area (Å²) in [4.78, 5) is 17.0. The van der Waals surface area contributed by atoms with Gasteiger partial charge in [0.1, 0.15) is 11.5 Å². The molecule has 1 aliphatic rings. The second kappa shape index (κ2) is 9.42. The van der Waals surface area contributed by atoms with E-state index in [1.54, 1.807) is 14.2 Å². The third-order valence-corrected chi connectivity index (χ3v) is 5.09. The number of hydrogen-bond acceptors (Lipinski definition) is 4. The molecule has 2 aromatic rings. The molecule has 0 atom stereocenters. The Morgan fingerprint density at radius 2 is 1.59 bits per heavy atom. The van der Waals surface area contributed by atoms with Gasteiger partial charge in [0.15, 0.2) is 0 Å². The second-order valence-corrected chi connectivity index (χ2v) is 6.85. The predicted octanol–water partition coefficient (Wildman–Crippen LogP) is 2.63. The molecule has 0 aromatic heterocycles. The summed E-state index contributed by atoms with van der Waals surface area (Å²) in [5.41, 5.74) is 2.31. The van der Waals surface area contributed by atoms with Gasteiger partial charge < -0.3 is 14.4 Å². The van der Waals surface area contributed by atoms with Crippen molar-refractivity contribution in [2.24, 2.45) is 0 Å². The minimum absolute atomic E-state index is 0.193. The minimum atomic E-state index is 0.193. The molecule has 1 heterocycles. The van der Waals surface area contributed by atoms with Gasteiger partial charge in [0.05, 0.1) is 20.6 Å². The normalized spacial score (nSPS) is 14.8. The Balaban J connectivity index is 1.43.